The molecule has 0 bridgehead atoms. The number of ether oxygens (including phenoxy) is 1. The zero-order chi connectivity index (χ0) is 18.1. The molecule has 0 saturated carbocycles. The van der Waals surface area contributed by atoms with E-state index < -0.39 is 0 Å². The van der Waals surface area contributed by atoms with Crippen molar-refractivity contribution in [3.63, 3.8) is 0 Å². The third-order valence-corrected chi connectivity index (χ3v) is 4.22. The number of benzene rings is 2. The second-order valence-electron chi connectivity index (χ2n) is 6.01. The molecule has 3 rings (SSSR count). The van der Waals surface area contributed by atoms with Crippen LogP contribution in [0, 0.1) is 13.8 Å². The molecule has 0 aromatic heterocycles. The van der Waals surface area contributed by atoms with Crippen LogP contribution in [0.15, 0.2) is 36.4 Å². The van der Waals surface area contributed by atoms with E-state index >= 15 is 0 Å². The van der Waals surface area contributed by atoms with Gasteiger partial charge in [-0.1, -0.05) is 6.07 Å². The number of amides is 3. The van der Waals surface area contributed by atoms with Crippen LogP contribution >= 0.6 is 0 Å². The lowest BCUT2D eigenvalue weighted by Crippen LogP contribution is -2.24. The van der Waals surface area contributed by atoms with Crippen LogP contribution in [0.1, 0.15) is 31.8 Å². The molecule has 0 unspecified atom stereocenters. The number of nitrogens with one attached hydrogen (secondary N) is 1. The average Bonchev–Trinajstić information content (AvgIpc) is 2.80. The molecule has 1 heterocycles. The van der Waals surface area contributed by atoms with Gasteiger partial charge in [-0.15, -0.1) is 0 Å². The van der Waals surface area contributed by atoms with Crippen LogP contribution in [0.25, 0.3) is 0 Å². The minimum atomic E-state index is -0.373. The van der Waals surface area contributed by atoms with Crippen LogP contribution in [0.3, 0.4) is 0 Å². The minimum Gasteiger partial charge on any atom is -0.484 e. The van der Waals surface area contributed by atoms with Gasteiger partial charge in [0.15, 0.2) is 6.61 Å². The molecule has 0 fully saturated rings. The van der Waals surface area contributed by atoms with Crippen molar-refractivity contribution in [3.05, 3.63) is 58.7 Å². The van der Waals surface area contributed by atoms with Crippen molar-refractivity contribution < 1.29 is 19.1 Å². The van der Waals surface area contributed by atoms with E-state index in [1.807, 2.05) is 32.0 Å². The highest BCUT2D eigenvalue weighted by Crippen LogP contribution is 2.24. The molecule has 1 N–H and O–H groups in total. The number of anilines is 1. The van der Waals surface area contributed by atoms with Crippen molar-refractivity contribution in [2.24, 2.45) is 0 Å². The predicted molar refractivity (Wildman–Crippen MR) is 92.9 cm³/mol. The second kappa shape index (κ2) is 6.39. The molecule has 0 aliphatic carbocycles. The van der Waals surface area contributed by atoms with Gasteiger partial charge in [-0.05, 0) is 55.3 Å². The maximum Gasteiger partial charge on any atom is 0.262 e. The van der Waals surface area contributed by atoms with Crippen molar-refractivity contribution in [1.82, 2.24) is 4.90 Å². The lowest BCUT2D eigenvalue weighted by molar-refractivity contribution is -0.118. The molecule has 1 aliphatic heterocycles. The summed E-state index contributed by atoms with van der Waals surface area (Å²) in [7, 11) is 1.43. The fraction of sp³-hybridized carbons (Fsp3) is 0.211. The fourth-order valence-electron chi connectivity index (χ4n) is 2.59. The Morgan fingerprint density at radius 2 is 1.72 bits per heavy atom. The predicted octanol–water partition coefficient (Wildman–Crippen LogP) is 2.55. The van der Waals surface area contributed by atoms with Crippen molar-refractivity contribution in [3.8, 4) is 5.75 Å². The summed E-state index contributed by atoms with van der Waals surface area (Å²) in [5, 5.41) is 2.67. The van der Waals surface area contributed by atoms with Gasteiger partial charge in [-0.25, -0.2) is 0 Å². The monoisotopic (exact) mass is 338 g/mol. The quantitative estimate of drug-likeness (QED) is 0.869. The summed E-state index contributed by atoms with van der Waals surface area (Å²) in [5.41, 5.74) is 3.32. The topological polar surface area (TPSA) is 75.7 Å². The molecule has 25 heavy (non-hydrogen) atoms. The molecule has 0 atom stereocenters. The highest BCUT2D eigenvalue weighted by atomic mass is 16.5. The van der Waals surface area contributed by atoms with Gasteiger partial charge in [0.05, 0.1) is 11.1 Å². The lowest BCUT2D eigenvalue weighted by atomic mass is 10.1. The molecule has 0 radical (unpaired) electrons. The number of rotatable bonds is 4. The fourth-order valence-corrected chi connectivity index (χ4v) is 2.59. The third kappa shape index (κ3) is 3.24. The van der Waals surface area contributed by atoms with Crippen molar-refractivity contribution >= 4 is 23.4 Å². The Morgan fingerprint density at radius 3 is 2.44 bits per heavy atom. The van der Waals surface area contributed by atoms with Gasteiger partial charge in [-0.3, -0.25) is 19.3 Å². The first kappa shape index (κ1) is 16.7. The molecule has 2 aromatic rings. The molecule has 128 valence electrons. The standard InChI is InChI=1S/C19H18N2O4/c1-11-4-6-14(8-12(11)2)25-10-17(22)20-13-5-7-15-16(9-13)19(24)21(3)18(15)23/h4-9H,10H2,1-3H3,(H,20,22). The van der Waals surface area contributed by atoms with E-state index in [-0.39, 0.29) is 24.3 Å². The highest BCUT2D eigenvalue weighted by Gasteiger charge is 2.32. The Balaban J connectivity index is 1.65. The number of carbonyl (C=O) groups excluding carboxylic acids is 3. The first-order valence-corrected chi connectivity index (χ1v) is 7.83. The van der Waals surface area contributed by atoms with Gasteiger partial charge >= 0.3 is 0 Å². The molecule has 2 aromatic carbocycles. The Kier molecular flexibility index (Phi) is 4.27. The summed E-state index contributed by atoms with van der Waals surface area (Å²) in [6, 6.07) is 10.3. The maximum atomic E-state index is 12.0. The number of imide groups is 1. The molecule has 1 aliphatic rings. The zero-order valence-corrected chi connectivity index (χ0v) is 14.3. The van der Waals surface area contributed by atoms with Crippen LogP contribution in [0.4, 0.5) is 5.69 Å². The summed E-state index contributed by atoms with van der Waals surface area (Å²) in [5.74, 6) is -0.434. The number of carbonyl (C=O) groups is 3. The van der Waals surface area contributed by atoms with E-state index in [2.05, 4.69) is 5.32 Å². The molecule has 6 nitrogen and oxygen atoms in total. The van der Waals surface area contributed by atoms with Crippen molar-refractivity contribution in [2.75, 3.05) is 19.0 Å². The molecular weight excluding hydrogens is 320 g/mol. The van der Waals surface area contributed by atoms with E-state index in [4.69, 9.17) is 4.74 Å². The Bertz CT molecular complexity index is 889. The average molecular weight is 338 g/mol. The summed E-state index contributed by atoms with van der Waals surface area (Å²) in [4.78, 5) is 36.9. The Morgan fingerprint density at radius 1 is 1.00 bits per heavy atom. The molecule has 0 spiro atoms. The van der Waals surface area contributed by atoms with Gasteiger partial charge in [0.2, 0.25) is 0 Å². The van der Waals surface area contributed by atoms with Crippen molar-refractivity contribution in [2.45, 2.75) is 13.8 Å². The first-order chi connectivity index (χ1) is 11.9. The van der Waals surface area contributed by atoms with Crippen LogP contribution in [-0.4, -0.2) is 36.3 Å². The van der Waals surface area contributed by atoms with E-state index in [0.29, 0.717) is 22.6 Å². The highest BCUT2D eigenvalue weighted by molar-refractivity contribution is 6.21. The molecule has 3 amide bonds. The van der Waals surface area contributed by atoms with Gasteiger partial charge < -0.3 is 10.1 Å². The van der Waals surface area contributed by atoms with Crippen LogP contribution < -0.4 is 10.1 Å². The Labute approximate surface area is 145 Å². The zero-order valence-electron chi connectivity index (χ0n) is 14.3. The van der Waals surface area contributed by atoms with Gasteiger partial charge in [0, 0.05) is 12.7 Å². The molecule has 0 saturated heterocycles. The third-order valence-electron chi connectivity index (χ3n) is 4.22. The minimum absolute atomic E-state index is 0.146. The largest absolute Gasteiger partial charge is 0.484 e. The summed E-state index contributed by atoms with van der Waals surface area (Å²) >= 11 is 0. The lowest BCUT2D eigenvalue weighted by Gasteiger charge is -2.09. The smallest absolute Gasteiger partial charge is 0.262 e. The van der Waals surface area contributed by atoms with E-state index in [1.165, 1.54) is 13.1 Å². The van der Waals surface area contributed by atoms with Crippen molar-refractivity contribution in [1.29, 1.82) is 0 Å². The number of fused-ring (bicyclic) bond motifs is 1. The maximum absolute atomic E-state index is 12.0. The van der Waals surface area contributed by atoms with Crippen LogP contribution in [-0.2, 0) is 4.79 Å². The van der Waals surface area contributed by atoms with Gasteiger partial charge in [0.1, 0.15) is 5.75 Å². The normalized spacial score (nSPS) is 13.0. The van der Waals surface area contributed by atoms with E-state index in [9.17, 15) is 14.4 Å². The SMILES string of the molecule is Cc1ccc(OCC(=O)Nc2ccc3c(c2)C(=O)N(C)C3=O)cc1C. The Hall–Kier alpha value is -3.15. The van der Waals surface area contributed by atoms with Gasteiger partial charge in [-0.2, -0.15) is 0 Å². The first-order valence-electron chi connectivity index (χ1n) is 7.83. The van der Waals surface area contributed by atoms with Crippen LogP contribution in [0.5, 0.6) is 5.75 Å². The van der Waals surface area contributed by atoms with Gasteiger partial charge in [0.25, 0.3) is 17.7 Å². The summed E-state index contributed by atoms with van der Waals surface area (Å²) in [6.07, 6.45) is 0. The number of aryl methyl sites for hydroxylation is 2. The molecule has 6 heteroatoms. The van der Waals surface area contributed by atoms with E-state index in [1.54, 1.807) is 12.1 Å². The van der Waals surface area contributed by atoms with Crippen LogP contribution in [0.2, 0.25) is 0 Å². The van der Waals surface area contributed by atoms with E-state index in [0.717, 1.165) is 16.0 Å². The number of hydrogen-bond donors (Lipinski definition) is 1. The second-order valence-corrected chi connectivity index (χ2v) is 6.01. The summed E-state index contributed by atoms with van der Waals surface area (Å²) in [6.45, 7) is 3.83. The molecular formula is C19H18N2O4. The number of nitrogens with zero attached hydrogens (tertiary/aromatic N) is 1. The number of hydrogen-bond acceptors (Lipinski definition) is 4. The summed E-state index contributed by atoms with van der Waals surface area (Å²) < 4.78 is 5.48.